The van der Waals surface area contributed by atoms with Gasteiger partial charge >= 0.3 is 59.6 Å². The average Bonchev–Trinajstić information content (AvgIpc) is 3.34. The first-order valence-electron chi connectivity index (χ1n) is 20.5. The number of rotatable bonds is 30. The number of hydrogen-bond donors (Lipinski definition) is 6. The van der Waals surface area contributed by atoms with Crippen molar-refractivity contribution in [3.63, 3.8) is 0 Å². The molecule has 0 saturated heterocycles. The van der Waals surface area contributed by atoms with Crippen LogP contribution >= 0.6 is 0 Å². The molecule has 0 aromatic heterocycles. The van der Waals surface area contributed by atoms with E-state index in [0.717, 1.165) is 56.9 Å². The van der Waals surface area contributed by atoms with Gasteiger partial charge in [0.2, 0.25) is 23.6 Å². The molecular weight excluding hydrogens is 916 g/mol. The zero-order chi connectivity index (χ0) is 51.9. The predicted octanol–water partition coefficient (Wildman–Crippen LogP) is -4.04. The second kappa shape index (κ2) is 33.1. The molecule has 0 heterocycles. The third-order valence-corrected chi connectivity index (χ3v) is 9.48. The van der Waals surface area contributed by atoms with Gasteiger partial charge in [-0.25, -0.2) is 19.2 Å². The Morgan fingerprint density at radius 1 is 0.279 bits per heavy atom. The van der Waals surface area contributed by atoms with Gasteiger partial charge in [0.1, 0.15) is 36.3 Å². The van der Waals surface area contributed by atoms with Crippen LogP contribution in [0.3, 0.4) is 0 Å². The van der Waals surface area contributed by atoms with Gasteiger partial charge in [-0.3, -0.25) is 47.9 Å². The molecule has 0 saturated carbocycles. The Bertz CT molecular complexity index is 1700. The molecule has 0 aromatic rings. The fourth-order valence-corrected chi connectivity index (χ4v) is 5.64. The van der Waals surface area contributed by atoms with E-state index in [-0.39, 0.29) is 38.5 Å². The number of esters is 8. The maximum Gasteiger partial charge on any atom is 0.328 e. The number of carbonyl (C=O) groups excluding carboxylic acids is 14. The number of methoxy groups -OCH3 is 8. The van der Waals surface area contributed by atoms with Crippen LogP contribution in [0.15, 0.2) is 0 Å². The topological polar surface area (TPSA) is 385 Å². The Kier molecular flexibility index (Phi) is 29.5. The molecule has 68 heavy (non-hydrogen) atoms. The van der Waals surface area contributed by atoms with Crippen LogP contribution in [-0.4, -0.2) is 176 Å². The molecule has 0 radical (unpaired) electrons. The van der Waals surface area contributed by atoms with E-state index in [2.05, 4.69) is 60.3 Å². The molecular formula is C40H60N6O22. The van der Waals surface area contributed by atoms with E-state index in [1.54, 1.807) is 0 Å². The molecule has 0 bridgehead atoms. The van der Waals surface area contributed by atoms with Gasteiger partial charge in [-0.2, -0.15) is 0 Å². The molecule has 0 fully saturated rings. The third kappa shape index (κ3) is 23.7. The molecule has 0 aromatic carbocycles. The van der Waals surface area contributed by atoms with Crippen molar-refractivity contribution >= 4 is 83.2 Å². The lowest BCUT2D eigenvalue weighted by Gasteiger charge is -2.24. The molecule has 0 aliphatic heterocycles. The summed E-state index contributed by atoms with van der Waals surface area (Å²) in [4.78, 5) is 177. The summed E-state index contributed by atoms with van der Waals surface area (Å²) < 4.78 is 37.0. The fraction of sp³-hybridized carbons (Fsp3) is 0.650. The summed E-state index contributed by atoms with van der Waals surface area (Å²) in [5.74, 6) is -14.6. The first-order chi connectivity index (χ1) is 32.1. The molecule has 28 heteroatoms. The van der Waals surface area contributed by atoms with Gasteiger partial charge in [-0.15, -0.1) is 0 Å². The van der Waals surface area contributed by atoms with Crippen molar-refractivity contribution in [2.45, 2.75) is 113 Å². The molecule has 0 unspecified atom stereocenters. The molecule has 0 aliphatic rings. The van der Waals surface area contributed by atoms with Crippen LogP contribution in [0, 0.1) is 0 Å². The van der Waals surface area contributed by atoms with Gasteiger partial charge in [0.15, 0.2) is 0 Å². The number of hydrogen-bond acceptors (Lipinski definition) is 22. The van der Waals surface area contributed by atoms with Gasteiger partial charge in [0.25, 0.3) is 0 Å². The molecule has 0 aliphatic carbocycles. The van der Waals surface area contributed by atoms with Crippen LogP contribution in [0.1, 0.15) is 77.0 Å². The summed E-state index contributed by atoms with van der Waals surface area (Å²) in [6, 6.07) is -9.60. The Morgan fingerprint density at radius 2 is 0.500 bits per heavy atom. The van der Waals surface area contributed by atoms with Crippen molar-refractivity contribution in [3.05, 3.63) is 0 Å². The van der Waals surface area contributed by atoms with E-state index >= 15 is 0 Å². The van der Waals surface area contributed by atoms with Gasteiger partial charge in [-0.05, 0) is 38.5 Å². The molecule has 28 nitrogen and oxygen atoms in total. The Balaban J connectivity index is 6.80. The van der Waals surface area contributed by atoms with Crippen molar-refractivity contribution in [1.82, 2.24) is 31.9 Å². The summed E-state index contributed by atoms with van der Waals surface area (Å²) in [6.07, 6.45) is -5.42. The SMILES string of the molecule is COC(=O)CC[C@H](NC(=O)CC[C@H](NC(=O)C(=O)N[C@@H](CCC(=O)N[C@@H](CCC(=O)OC)C(=O)OC)C(=O)N[C@@H](CCC(=O)OC)C(=O)OC)C(=O)N[C@@H](CCC(=O)OC)C(=O)OC)C(=O)OC. The third-order valence-electron chi connectivity index (χ3n) is 9.48. The number of carbonyl (C=O) groups is 14. The van der Waals surface area contributed by atoms with Crippen LogP contribution in [0.25, 0.3) is 0 Å². The standard InChI is InChI=1S/C40H60N6O22/c1-61-29(49)17-11-23(37(57)65-5)41-27(47)15-9-21(33(53)45-25(39(59)67-7)13-19-31(51)63-3)43-35(55)36(56)44-22(34(54)46-26(40(60)68-8)14-20-32(52)64-4)10-16-28(48)42-24(38(58)66-6)12-18-30(50)62-2/h21-26H,9-20H2,1-8H3,(H,41,47)(H,42,48)(H,43,55)(H,44,56)(H,45,53)(H,46,54)/t21-,22-,23-,24-,25-,26-/m0/s1. The predicted molar refractivity (Wildman–Crippen MR) is 223 cm³/mol. The molecule has 0 rings (SSSR count). The van der Waals surface area contributed by atoms with Crippen molar-refractivity contribution < 1.29 is 105 Å². The Labute approximate surface area is 389 Å². The monoisotopic (exact) mass is 976 g/mol. The minimum Gasteiger partial charge on any atom is -0.469 e. The fourth-order valence-electron chi connectivity index (χ4n) is 5.64. The minimum absolute atomic E-state index is 0.268. The van der Waals surface area contributed by atoms with Crippen LogP contribution in [0.5, 0.6) is 0 Å². The van der Waals surface area contributed by atoms with Crippen LogP contribution in [0.2, 0.25) is 0 Å². The van der Waals surface area contributed by atoms with Gasteiger partial charge in [-0.1, -0.05) is 0 Å². The maximum atomic E-state index is 13.7. The lowest BCUT2D eigenvalue weighted by atomic mass is 10.1. The summed E-state index contributed by atoms with van der Waals surface area (Å²) >= 11 is 0. The van der Waals surface area contributed by atoms with Crippen LogP contribution < -0.4 is 31.9 Å². The molecule has 382 valence electrons. The van der Waals surface area contributed by atoms with Gasteiger partial charge < -0.3 is 69.8 Å². The highest BCUT2D eigenvalue weighted by Gasteiger charge is 2.34. The number of amides is 6. The van der Waals surface area contributed by atoms with Crippen molar-refractivity contribution in [1.29, 1.82) is 0 Å². The quantitative estimate of drug-likeness (QED) is 0.0227. The minimum atomic E-state index is -1.88. The Hall–Kier alpha value is -7.42. The molecule has 6 N–H and O–H groups in total. The van der Waals surface area contributed by atoms with Crippen molar-refractivity contribution in [2.24, 2.45) is 0 Å². The van der Waals surface area contributed by atoms with Gasteiger partial charge in [0, 0.05) is 38.5 Å². The normalized spacial score (nSPS) is 13.0. The van der Waals surface area contributed by atoms with E-state index in [1.807, 2.05) is 0 Å². The summed E-state index contributed by atoms with van der Waals surface area (Å²) in [5.41, 5.74) is 0. The van der Waals surface area contributed by atoms with E-state index in [9.17, 15) is 67.1 Å². The smallest absolute Gasteiger partial charge is 0.328 e. The molecule has 6 amide bonds. The van der Waals surface area contributed by atoms with E-state index < -0.39 is 158 Å². The first kappa shape index (κ1) is 60.6. The summed E-state index contributed by atoms with van der Waals surface area (Å²) in [6.45, 7) is 0. The largest absolute Gasteiger partial charge is 0.469 e. The highest BCUT2D eigenvalue weighted by molar-refractivity contribution is 6.36. The van der Waals surface area contributed by atoms with Crippen molar-refractivity contribution in [3.8, 4) is 0 Å². The second-order valence-corrected chi connectivity index (χ2v) is 14.0. The summed E-state index contributed by atoms with van der Waals surface area (Å²) in [5, 5.41) is 13.3. The highest BCUT2D eigenvalue weighted by Crippen LogP contribution is 2.10. The lowest BCUT2D eigenvalue weighted by molar-refractivity contribution is -0.148. The van der Waals surface area contributed by atoms with Crippen LogP contribution in [-0.2, 0) is 105 Å². The second-order valence-electron chi connectivity index (χ2n) is 14.0. The zero-order valence-corrected chi connectivity index (χ0v) is 38.9. The molecule has 6 atom stereocenters. The molecule has 0 spiro atoms. The van der Waals surface area contributed by atoms with E-state index in [0.29, 0.717) is 0 Å². The highest BCUT2D eigenvalue weighted by atomic mass is 16.5. The summed E-state index contributed by atoms with van der Waals surface area (Å²) in [7, 11) is 8.30. The Morgan fingerprint density at radius 3 is 0.721 bits per heavy atom. The van der Waals surface area contributed by atoms with Crippen molar-refractivity contribution in [2.75, 3.05) is 56.9 Å². The van der Waals surface area contributed by atoms with Crippen LogP contribution in [0.4, 0.5) is 0 Å². The van der Waals surface area contributed by atoms with Gasteiger partial charge in [0.05, 0.1) is 56.9 Å². The average molecular weight is 977 g/mol. The lowest BCUT2D eigenvalue weighted by Crippen LogP contribution is -2.57. The maximum absolute atomic E-state index is 13.7. The number of ether oxygens (including phenoxy) is 8. The van der Waals surface area contributed by atoms with E-state index in [1.165, 1.54) is 0 Å². The zero-order valence-electron chi connectivity index (χ0n) is 38.9. The van der Waals surface area contributed by atoms with E-state index in [4.69, 9.17) is 9.47 Å². The first-order valence-corrected chi connectivity index (χ1v) is 20.5. The number of nitrogens with one attached hydrogen (secondary N) is 6.